The number of hydrogen-bond acceptors (Lipinski definition) is 3. The van der Waals surface area contributed by atoms with Crippen molar-refractivity contribution in [3.63, 3.8) is 0 Å². The van der Waals surface area contributed by atoms with Crippen LogP contribution in [0.4, 0.5) is 26.3 Å². The van der Waals surface area contributed by atoms with E-state index >= 15 is 0 Å². The Morgan fingerprint density at radius 3 is 1.90 bits per heavy atom. The van der Waals surface area contributed by atoms with Gasteiger partial charge in [-0.2, -0.15) is 26.3 Å². The van der Waals surface area contributed by atoms with Crippen molar-refractivity contribution in [2.45, 2.75) is 44.1 Å². The van der Waals surface area contributed by atoms with Crippen LogP contribution in [0, 0.1) is 0 Å². The SMILES string of the molecule is C=C(C)C(=O)OCCCCC(O)(C(F)(F)F)C(F)(F)F. The molecule has 0 aliphatic rings. The summed E-state index contributed by atoms with van der Waals surface area (Å²) in [5.74, 6) is -0.785. The van der Waals surface area contributed by atoms with Crippen LogP contribution in [-0.4, -0.2) is 35.6 Å². The van der Waals surface area contributed by atoms with Crippen LogP contribution < -0.4 is 0 Å². The molecule has 9 heteroatoms. The van der Waals surface area contributed by atoms with Gasteiger partial charge in [-0.15, -0.1) is 0 Å². The Morgan fingerprint density at radius 2 is 1.55 bits per heavy atom. The van der Waals surface area contributed by atoms with Gasteiger partial charge >= 0.3 is 18.3 Å². The lowest BCUT2D eigenvalue weighted by Gasteiger charge is -2.32. The van der Waals surface area contributed by atoms with Crippen LogP contribution in [-0.2, 0) is 9.53 Å². The van der Waals surface area contributed by atoms with E-state index < -0.39 is 36.8 Å². The molecule has 1 N–H and O–H groups in total. The number of halogens is 6. The van der Waals surface area contributed by atoms with Crippen molar-refractivity contribution in [1.29, 1.82) is 0 Å². The van der Waals surface area contributed by atoms with E-state index in [1.807, 2.05) is 0 Å². The number of rotatable bonds is 6. The topological polar surface area (TPSA) is 46.5 Å². The largest absolute Gasteiger partial charge is 0.462 e. The van der Waals surface area contributed by atoms with Gasteiger partial charge in [-0.05, 0) is 26.2 Å². The first-order valence-electron chi connectivity index (χ1n) is 5.51. The molecule has 0 heterocycles. The van der Waals surface area contributed by atoms with Crippen LogP contribution in [0.5, 0.6) is 0 Å². The van der Waals surface area contributed by atoms with Gasteiger partial charge in [0.05, 0.1) is 6.61 Å². The summed E-state index contributed by atoms with van der Waals surface area (Å²) in [5, 5.41) is 8.81. The van der Waals surface area contributed by atoms with E-state index in [1.165, 1.54) is 6.92 Å². The predicted molar refractivity (Wildman–Crippen MR) is 56.7 cm³/mol. The molecule has 0 fully saturated rings. The highest BCUT2D eigenvalue weighted by molar-refractivity contribution is 5.86. The van der Waals surface area contributed by atoms with Crippen molar-refractivity contribution >= 4 is 5.97 Å². The smallest absolute Gasteiger partial charge is 0.426 e. The van der Waals surface area contributed by atoms with Crippen molar-refractivity contribution in [3.8, 4) is 0 Å². The number of esters is 1. The van der Waals surface area contributed by atoms with Gasteiger partial charge in [0.1, 0.15) is 0 Å². The van der Waals surface area contributed by atoms with Gasteiger partial charge < -0.3 is 9.84 Å². The van der Waals surface area contributed by atoms with Crippen molar-refractivity contribution in [2.24, 2.45) is 0 Å². The van der Waals surface area contributed by atoms with Gasteiger partial charge in [-0.1, -0.05) is 6.58 Å². The van der Waals surface area contributed by atoms with Gasteiger partial charge in [0, 0.05) is 5.57 Å². The molecule has 0 aliphatic heterocycles. The predicted octanol–water partition coefficient (Wildman–Crippen LogP) is 3.13. The fourth-order valence-corrected chi connectivity index (χ4v) is 1.22. The molecule has 0 rings (SSSR count). The third-order valence-corrected chi connectivity index (χ3v) is 2.45. The van der Waals surface area contributed by atoms with E-state index in [9.17, 15) is 31.1 Å². The molecule has 0 aromatic rings. The highest BCUT2D eigenvalue weighted by Gasteiger charge is 2.69. The maximum Gasteiger partial charge on any atom is 0.426 e. The Kier molecular flexibility index (Phi) is 6.06. The minimum absolute atomic E-state index is 0.0621. The number of carbonyl (C=O) groups is 1. The molecule has 20 heavy (non-hydrogen) atoms. The lowest BCUT2D eigenvalue weighted by molar-refractivity contribution is -0.370. The number of carbonyl (C=O) groups excluding carboxylic acids is 1. The maximum atomic E-state index is 12.3. The molecule has 0 radical (unpaired) electrons. The summed E-state index contributed by atoms with van der Waals surface area (Å²) in [6, 6.07) is 0. The normalized spacial score (nSPS) is 13.2. The highest BCUT2D eigenvalue weighted by Crippen LogP contribution is 2.45. The van der Waals surface area contributed by atoms with Crippen LogP contribution in [0.2, 0.25) is 0 Å². The second kappa shape index (κ2) is 6.47. The summed E-state index contributed by atoms with van der Waals surface area (Å²) in [5.41, 5.74) is -4.69. The summed E-state index contributed by atoms with van der Waals surface area (Å²) in [6.07, 6.45) is -14.0. The fraction of sp³-hybridized carbons (Fsp3) is 0.727. The second-order valence-electron chi connectivity index (χ2n) is 4.23. The number of unbranched alkanes of at least 4 members (excludes halogenated alkanes) is 1. The number of hydrogen-bond donors (Lipinski definition) is 1. The van der Waals surface area contributed by atoms with Gasteiger partial charge in [-0.25, -0.2) is 4.79 Å². The lowest BCUT2D eigenvalue weighted by atomic mass is 9.95. The molecule has 0 saturated heterocycles. The molecule has 118 valence electrons. The number of alkyl halides is 6. The first-order chi connectivity index (χ1) is 8.83. The van der Waals surface area contributed by atoms with Crippen LogP contribution in [0.15, 0.2) is 12.2 Å². The average Bonchev–Trinajstić information content (AvgIpc) is 2.24. The summed E-state index contributed by atoms with van der Waals surface area (Å²) < 4.78 is 78.2. The van der Waals surface area contributed by atoms with E-state index in [0.717, 1.165) is 0 Å². The van der Waals surface area contributed by atoms with Crippen molar-refractivity contribution in [2.75, 3.05) is 6.61 Å². The van der Waals surface area contributed by atoms with Crippen LogP contribution >= 0.6 is 0 Å². The zero-order chi connectivity index (χ0) is 16.2. The zero-order valence-corrected chi connectivity index (χ0v) is 10.6. The maximum absolute atomic E-state index is 12.3. The first kappa shape index (κ1) is 18.8. The average molecular weight is 308 g/mol. The molecule has 0 saturated carbocycles. The van der Waals surface area contributed by atoms with Crippen molar-refractivity contribution in [1.82, 2.24) is 0 Å². The number of aliphatic hydroxyl groups is 1. The Balaban J connectivity index is 4.39. The first-order valence-corrected chi connectivity index (χ1v) is 5.51. The lowest BCUT2D eigenvalue weighted by Crippen LogP contribution is -2.56. The van der Waals surface area contributed by atoms with Gasteiger partial charge in [-0.3, -0.25) is 0 Å². The summed E-state index contributed by atoms with van der Waals surface area (Å²) in [4.78, 5) is 10.9. The quantitative estimate of drug-likeness (QED) is 0.355. The highest BCUT2D eigenvalue weighted by atomic mass is 19.4. The molecule has 0 amide bonds. The van der Waals surface area contributed by atoms with E-state index in [0.29, 0.717) is 0 Å². The molecule has 0 atom stereocenters. The summed E-state index contributed by atoms with van der Waals surface area (Å²) >= 11 is 0. The van der Waals surface area contributed by atoms with E-state index in [-0.39, 0.29) is 18.6 Å². The minimum Gasteiger partial charge on any atom is -0.462 e. The Labute approximate surface area is 111 Å². The molecule has 0 aromatic carbocycles. The molecule has 3 nitrogen and oxygen atoms in total. The molecule has 0 bridgehead atoms. The zero-order valence-electron chi connectivity index (χ0n) is 10.6. The molecular weight excluding hydrogens is 294 g/mol. The molecular formula is C11H14F6O3. The second-order valence-corrected chi connectivity index (χ2v) is 4.23. The summed E-state index contributed by atoms with van der Waals surface area (Å²) in [7, 11) is 0. The standard InChI is InChI=1S/C11H14F6O3/c1-7(2)8(18)20-6-4-3-5-9(19,10(12,13)14)11(15,16)17/h19H,1,3-6H2,2H3. The number of ether oxygens (including phenoxy) is 1. The van der Waals surface area contributed by atoms with E-state index in [4.69, 9.17) is 5.11 Å². The van der Waals surface area contributed by atoms with Gasteiger partial charge in [0.25, 0.3) is 5.60 Å². The Morgan fingerprint density at radius 1 is 1.10 bits per heavy atom. The third-order valence-electron chi connectivity index (χ3n) is 2.45. The summed E-state index contributed by atoms with van der Waals surface area (Å²) in [6.45, 7) is 4.24. The van der Waals surface area contributed by atoms with Crippen LogP contribution in [0.3, 0.4) is 0 Å². The van der Waals surface area contributed by atoms with E-state index in [2.05, 4.69) is 11.3 Å². The van der Waals surface area contributed by atoms with Crippen molar-refractivity contribution < 1.29 is 41.0 Å². The Hall–Kier alpha value is -1.25. The van der Waals surface area contributed by atoms with Crippen molar-refractivity contribution in [3.05, 3.63) is 12.2 Å². The molecule has 0 spiro atoms. The minimum atomic E-state index is -5.82. The molecule has 0 unspecified atom stereocenters. The van der Waals surface area contributed by atoms with Crippen LogP contribution in [0.1, 0.15) is 26.2 Å². The molecule has 0 aromatic heterocycles. The third kappa shape index (κ3) is 4.69. The van der Waals surface area contributed by atoms with Gasteiger partial charge in [0.15, 0.2) is 0 Å². The fourth-order valence-electron chi connectivity index (χ4n) is 1.22. The van der Waals surface area contributed by atoms with Gasteiger partial charge in [0.2, 0.25) is 0 Å². The monoisotopic (exact) mass is 308 g/mol. The molecule has 0 aliphatic carbocycles. The Bertz CT molecular complexity index is 344. The van der Waals surface area contributed by atoms with E-state index in [1.54, 1.807) is 0 Å². The van der Waals surface area contributed by atoms with Crippen LogP contribution in [0.25, 0.3) is 0 Å².